The first kappa shape index (κ1) is 13.7. The Balaban J connectivity index is 1.86. The summed E-state index contributed by atoms with van der Waals surface area (Å²) in [6.07, 6.45) is 3.30. The summed E-state index contributed by atoms with van der Waals surface area (Å²) in [5.74, 6) is 0.686. The molecule has 0 spiro atoms. The second-order valence-corrected chi connectivity index (χ2v) is 6.35. The van der Waals surface area contributed by atoms with E-state index in [1.54, 1.807) is 12.1 Å². The highest BCUT2D eigenvalue weighted by Crippen LogP contribution is 2.44. The third kappa shape index (κ3) is 1.86. The van der Waals surface area contributed by atoms with E-state index in [4.69, 9.17) is 4.42 Å². The molecule has 3 saturated heterocycles. The normalized spacial score (nSPS) is 30.6. The van der Waals surface area contributed by atoms with Gasteiger partial charge in [0.15, 0.2) is 6.29 Å². The third-order valence-electron chi connectivity index (χ3n) is 5.08. The smallest absolute Gasteiger partial charge is 0.153 e. The quantitative estimate of drug-likeness (QED) is 0.877. The maximum atomic E-state index is 11.2. The molecule has 0 aliphatic carbocycles. The lowest BCUT2D eigenvalue weighted by Gasteiger charge is -2.49. The van der Waals surface area contributed by atoms with Crippen molar-refractivity contribution in [1.82, 2.24) is 4.90 Å². The van der Waals surface area contributed by atoms with Crippen molar-refractivity contribution in [2.45, 2.75) is 18.4 Å². The number of carbonyl (C=O) groups excluding carboxylic acids is 2. The molecule has 0 saturated carbocycles. The first-order valence-corrected chi connectivity index (χ1v) is 7.57. The maximum absolute atomic E-state index is 11.2. The number of nitrogens with zero attached hydrogens (tertiary/aromatic N) is 1. The molecule has 1 aromatic heterocycles. The lowest BCUT2D eigenvalue weighted by Crippen LogP contribution is -2.56. The molecule has 3 aliphatic rings. The van der Waals surface area contributed by atoms with Gasteiger partial charge in [0.1, 0.15) is 23.2 Å². The zero-order chi connectivity index (χ0) is 15.3. The van der Waals surface area contributed by atoms with Crippen LogP contribution in [0.5, 0.6) is 0 Å². The minimum atomic E-state index is -1.00. The average molecular weight is 299 g/mol. The number of hydrogen-bond donors (Lipinski definition) is 1. The van der Waals surface area contributed by atoms with Gasteiger partial charge in [0, 0.05) is 17.5 Å². The van der Waals surface area contributed by atoms with E-state index in [1.807, 2.05) is 0 Å². The van der Waals surface area contributed by atoms with Crippen molar-refractivity contribution in [1.29, 1.82) is 0 Å². The summed E-state index contributed by atoms with van der Waals surface area (Å²) in [6.45, 7) is 2.60. The number of fused-ring (bicyclic) bond motifs is 4. The van der Waals surface area contributed by atoms with Crippen LogP contribution in [0.25, 0.3) is 11.0 Å². The summed E-state index contributed by atoms with van der Waals surface area (Å²) in [5.41, 5.74) is 0.218. The van der Waals surface area contributed by atoms with E-state index < -0.39 is 5.60 Å². The van der Waals surface area contributed by atoms with Crippen LogP contribution in [0.1, 0.15) is 39.3 Å². The lowest BCUT2D eigenvalue weighted by atomic mass is 9.74. The summed E-state index contributed by atoms with van der Waals surface area (Å²) >= 11 is 0. The number of aldehydes is 2. The first-order chi connectivity index (χ1) is 10.6. The monoisotopic (exact) mass is 299 g/mol. The van der Waals surface area contributed by atoms with Crippen molar-refractivity contribution < 1.29 is 19.1 Å². The van der Waals surface area contributed by atoms with Gasteiger partial charge in [-0.3, -0.25) is 14.5 Å². The molecule has 3 aliphatic heterocycles. The molecule has 0 amide bonds. The van der Waals surface area contributed by atoms with E-state index in [0.29, 0.717) is 47.0 Å². The first-order valence-electron chi connectivity index (χ1n) is 7.57. The van der Waals surface area contributed by atoms with E-state index >= 15 is 0 Å². The van der Waals surface area contributed by atoms with Crippen molar-refractivity contribution in [3.8, 4) is 0 Å². The van der Waals surface area contributed by atoms with E-state index in [2.05, 4.69) is 4.90 Å². The number of aliphatic hydroxyl groups is 1. The van der Waals surface area contributed by atoms with Crippen molar-refractivity contribution in [2.24, 2.45) is 5.92 Å². The number of benzene rings is 1. The van der Waals surface area contributed by atoms with Gasteiger partial charge < -0.3 is 9.52 Å². The summed E-state index contributed by atoms with van der Waals surface area (Å²) in [6, 6.07) is 4.97. The van der Waals surface area contributed by atoms with Crippen LogP contribution in [0.2, 0.25) is 0 Å². The molecule has 114 valence electrons. The van der Waals surface area contributed by atoms with Gasteiger partial charge >= 0.3 is 0 Å². The molecule has 1 unspecified atom stereocenters. The van der Waals surface area contributed by atoms with Crippen LogP contribution in [-0.4, -0.2) is 42.2 Å². The fourth-order valence-electron chi connectivity index (χ4n) is 3.89. The molecule has 2 aromatic rings. The molecule has 5 nitrogen and oxygen atoms in total. The Morgan fingerprint density at radius 2 is 1.95 bits per heavy atom. The number of carbonyl (C=O) groups is 2. The van der Waals surface area contributed by atoms with E-state index in [1.165, 1.54) is 6.07 Å². The van der Waals surface area contributed by atoms with Crippen LogP contribution in [-0.2, 0) is 5.60 Å². The fraction of sp³-hybridized carbons (Fsp3) is 0.412. The van der Waals surface area contributed by atoms with Crippen LogP contribution in [0.4, 0.5) is 0 Å². The van der Waals surface area contributed by atoms with Crippen LogP contribution < -0.4 is 0 Å². The zero-order valence-electron chi connectivity index (χ0n) is 12.1. The Kier molecular flexibility index (Phi) is 2.96. The summed E-state index contributed by atoms with van der Waals surface area (Å²) in [7, 11) is 0. The SMILES string of the molecule is O=Cc1cc(C=O)c2oc(C3(O)CN4CCC3CC4)cc2c1. The molecule has 5 heteroatoms. The Bertz CT molecular complexity index is 757. The van der Waals surface area contributed by atoms with E-state index in [-0.39, 0.29) is 5.92 Å². The predicted molar refractivity (Wildman–Crippen MR) is 80.0 cm³/mol. The van der Waals surface area contributed by atoms with Crippen LogP contribution in [0.3, 0.4) is 0 Å². The van der Waals surface area contributed by atoms with Crippen molar-refractivity contribution in [2.75, 3.05) is 19.6 Å². The molecule has 22 heavy (non-hydrogen) atoms. The Morgan fingerprint density at radius 3 is 2.55 bits per heavy atom. The molecule has 1 atom stereocenters. The van der Waals surface area contributed by atoms with Gasteiger partial charge in [-0.1, -0.05) is 0 Å². The highest BCUT2D eigenvalue weighted by atomic mass is 16.4. The van der Waals surface area contributed by atoms with Gasteiger partial charge in [-0.2, -0.15) is 0 Å². The number of furan rings is 1. The molecular weight excluding hydrogens is 282 g/mol. The molecule has 0 radical (unpaired) electrons. The highest BCUT2D eigenvalue weighted by Gasteiger charge is 2.48. The van der Waals surface area contributed by atoms with Crippen LogP contribution in [0.15, 0.2) is 22.6 Å². The minimum Gasteiger partial charge on any atom is -0.457 e. The van der Waals surface area contributed by atoms with Crippen molar-refractivity contribution in [3.05, 3.63) is 35.1 Å². The molecule has 2 bridgehead atoms. The third-order valence-corrected chi connectivity index (χ3v) is 5.08. The Hall–Kier alpha value is -1.98. The molecule has 1 aromatic carbocycles. The molecule has 3 fully saturated rings. The standard InChI is InChI=1S/C17H17NO4/c19-8-11-5-12-7-15(22-16(12)13(6-11)9-20)17(21)10-18-3-1-14(17)2-4-18/h5-9,14,21H,1-4,10H2. The summed E-state index contributed by atoms with van der Waals surface area (Å²) < 4.78 is 5.86. The number of piperidine rings is 3. The molecule has 4 heterocycles. The lowest BCUT2D eigenvalue weighted by molar-refractivity contribution is -0.128. The largest absolute Gasteiger partial charge is 0.457 e. The molecule has 1 N–H and O–H groups in total. The summed E-state index contributed by atoms with van der Waals surface area (Å²) in [5, 5.41) is 11.8. The van der Waals surface area contributed by atoms with E-state index in [9.17, 15) is 14.7 Å². The predicted octanol–water partition coefficient (Wildman–Crippen LogP) is 1.97. The second-order valence-electron chi connectivity index (χ2n) is 6.35. The van der Waals surface area contributed by atoms with Gasteiger partial charge in [-0.25, -0.2) is 0 Å². The van der Waals surface area contributed by atoms with Crippen molar-refractivity contribution >= 4 is 23.5 Å². The number of rotatable bonds is 3. The maximum Gasteiger partial charge on any atom is 0.153 e. The second kappa shape index (κ2) is 4.76. The van der Waals surface area contributed by atoms with Gasteiger partial charge in [-0.05, 0) is 50.0 Å². The highest BCUT2D eigenvalue weighted by molar-refractivity contribution is 5.98. The average Bonchev–Trinajstić information content (AvgIpc) is 2.99. The Labute approximate surface area is 127 Å². The number of hydrogen-bond acceptors (Lipinski definition) is 5. The van der Waals surface area contributed by atoms with Gasteiger partial charge in [0.25, 0.3) is 0 Å². The van der Waals surface area contributed by atoms with Crippen molar-refractivity contribution in [3.63, 3.8) is 0 Å². The molecule has 5 rings (SSSR count). The molecular formula is C17H17NO4. The van der Waals surface area contributed by atoms with Crippen LogP contribution >= 0.6 is 0 Å². The van der Waals surface area contributed by atoms with Gasteiger partial charge in [-0.15, -0.1) is 0 Å². The van der Waals surface area contributed by atoms with Gasteiger partial charge in [0.05, 0.1) is 5.56 Å². The van der Waals surface area contributed by atoms with E-state index in [0.717, 1.165) is 25.9 Å². The topological polar surface area (TPSA) is 70.8 Å². The fourth-order valence-corrected chi connectivity index (χ4v) is 3.89. The summed E-state index contributed by atoms with van der Waals surface area (Å²) in [4.78, 5) is 24.5. The minimum absolute atomic E-state index is 0.184. The zero-order valence-corrected chi connectivity index (χ0v) is 12.1. The van der Waals surface area contributed by atoms with Gasteiger partial charge in [0.2, 0.25) is 0 Å². The Morgan fingerprint density at radius 1 is 1.18 bits per heavy atom. The van der Waals surface area contributed by atoms with Crippen LogP contribution in [0, 0.1) is 5.92 Å².